The Labute approximate surface area is 144 Å². The summed E-state index contributed by atoms with van der Waals surface area (Å²) in [5, 5.41) is 8.66. The van der Waals surface area contributed by atoms with E-state index in [9.17, 15) is 9.18 Å². The third-order valence-electron chi connectivity index (χ3n) is 4.25. The van der Waals surface area contributed by atoms with E-state index in [4.69, 9.17) is 11.6 Å². The Bertz CT molecular complexity index is 776. The molecule has 1 aromatic carbocycles. The lowest BCUT2D eigenvalue weighted by atomic mass is 10.1. The maximum atomic E-state index is 13.3. The molecule has 0 aliphatic carbocycles. The lowest BCUT2D eigenvalue weighted by molar-refractivity contribution is -0.136. The standard InChI is InChI=1S/C16H19ClFN5O/c1-10-19-20-15-14(16(24)21(2)3)22(6-7-23(10)15)9-11-4-5-12(18)8-13(11)17/h4-5,8,14H,6-7,9H2,1-3H3. The SMILES string of the molecule is Cc1nnc2n1CCN(Cc1ccc(F)cc1Cl)C2C(=O)N(C)C. The van der Waals surface area contributed by atoms with E-state index in [0.717, 1.165) is 11.4 Å². The molecule has 0 saturated carbocycles. The fourth-order valence-electron chi connectivity index (χ4n) is 2.95. The Balaban J connectivity index is 1.95. The molecule has 0 N–H and O–H groups in total. The number of fused-ring (bicyclic) bond motifs is 1. The van der Waals surface area contributed by atoms with Crippen molar-refractivity contribution in [2.75, 3.05) is 20.6 Å². The van der Waals surface area contributed by atoms with Gasteiger partial charge in [0.2, 0.25) is 5.91 Å². The maximum Gasteiger partial charge on any atom is 0.247 e. The van der Waals surface area contributed by atoms with E-state index in [1.54, 1.807) is 25.1 Å². The van der Waals surface area contributed by atoms with Gasteiger partial charge in [-0.3, -0.25) is 9.69 Å². The molecular weight excluding hydrogens is 333 g/mol. The molecule has 0 spiro atoms. The number of hydrogen-bond donors (Lipinski definition) is 0. The quantitative estimate of drug-likeness (QED) is 0.849. The van der Waals surface area contributed by atoms with Crippen LogP contribution in [0.1, 0.15) is 23.3 Å². The van der Waals surface area contributed by atoms with Crippen LogP contribution >= 0.6 is 11.6 Å². The summed E-state index contributed by atoms with van der Waals surface area (Å²) in [6.45, 7) is 3.67. The average Bonchev–Trinajstić information content (AvgIpc) is 2.90. The van der Waals surface area contributed by atoms with Crippen LogP contribution in [0, 0.1) is 12.7 Å². The largest absolute Gasteiger partial charge is 0.347 e. The summed E-state index contributed by atoms with van der Waals surface area (Å²) in [4.78, 5) is 16.3. The number of carbonyl (C=O) groups is 1. The van der Waals surface area contributed by atoms with Gasteiger partial charge in [0.15, 0.2) is 11.9 Å². The van der Waals surface area contributed by atoms with Gasteiger partial charge in [0, 0.05) is 38.8 Å². The van der Waals surface area contributed by atoms with E-state index in [1.165, 1.54) is 12.1 Å². The molecule has 0 radical (unpaired) electrons. The van der Waals surface area contributed by atoms with Gasteiger partial charge in [-0.2, -0.15) is 0 Å². The molecule has 1 amide bonds. The number of benzene rings is 1. The predicted octanol–water partition coefficient (Wildman–Crippen LogP) is 2.02. The molecule has 6 nitrogen and oxygen atoms in total. The second kappa shape index (κ2) is 6.49. The van der Waals surface area contributed by atoms with Gasteiger partial charge in [-0.05, 0) is 24.6 Å². The summed E-state index contributed by atoms with van der Waals surface area (Å²) in [6.07, 6.45) is 0. The average molecular weight is 352 g/mol. The van der Waals surface area contributed by atoms with E-state index in [2.05, 4.69) is 10.2 Å². The zero-order valence-electron chi connectivity index (χ0n) is 13.8. The molecule has 0 bridgehead atoms. The topological polar surface area (TPSA) is 54.3 Å². The normalized spacial score (nSPS) is 17.6. The van der Waals surface area contributed by atoms with E-state index in [0.29, 0.717) is 30.5 Å². The number of likely N-dealkylation sites (N-methyl/N-ethyl adjacent to an activating group) is 1. The molecule has 1 atom stereocenters. The third kappa shape index (κ3) is 3.01. The van der Waals surface area contributed by atoms with Gasteiger partial charge in [0.05, 0.1) is 0 Å². The second-order valence-electron chi connectivity index (χ2n) is 6.10. The van der Waals surface area contributed by atoms with Crippen LogP contribution in [0.3, 0.4) is 0 Å². The Kier molecular flexibility index (Phi) is 4.56. The summed E-state index contributed by atoms with van der Waals surface area (Å²) >= 11 is 6.15. The van der Waals surface area contributed by atoms with Crippen LogP contribution in [0.5, 0.6) is 0 Å². The smallest absolute Gasteiger partial charge is 0.247 e. The van der Waals surface area contributed by atoms with Gasteiger partial charge in [-0.1, -0.05) is 17.7 Å². The molecule has 0 fully saturated rings. The number of halogens is 2. The van der Waals surface area contributed by atoms with Crippen molar-refractivity contribution in [3.63, 3.8) is 0 Å². The van der Waals surface area contributed by atoms with Crippen LogP contribution in [-0.4, -0.2) is 51.1 Å². The highest BCUT2D eigenvalue weighted by Crippen LogP contribution is 2.29. The summed E-state index contributed by atoms with van der Waals surface area (Å²) < 4.78 is 15.2. The highest BCUT2D eigenvalue weighted by molar-refractivity contribution is 6.31. The Morgan fingerprint density at radius 3 is 2.79 bits per heavy atom. The van der Waals surface area contributed by atoms with Gasteiger partial charge < -0.3 is 9.47 Å². The summed E-state index contributed by atoms with van der Waals surface area (Å²) in [7, 11) is 3.43. The fraction of sp³-hybridized carbons (Fsp3) is 0.438. The predicted molar refractivity (Wildman–Crippen MR) is 88.0 cm³/mol. The number of amides is 1. The van der Waals surface area contributed by atoms with Crippen LogP contribution in [0.15, 0.2) is 18.2 Å². The first-order valence-electron chi connectivity index (χ1n) is 7.67. The number of aromatic nitrogens is 3. The van der Waals surface area contributed by atoms with Gasteiger partial charge in [-0.25, -0.2) is 4.39 Å². The highest BCUT2D eigenvalue weighted by Gasteiger charge is 2.37. The lowest BCUT2D eigenvalue weighted by Gasteiger charge is -2.36. The molecule has 8 heteroatoms. The van der Waals surface area contributed by atoms with Crippen molar-refractivity contribution in [1.29, 1.82) is 0 Å². The van der Waals surface area contributed by atoms with Crippen LogP contribution in [0.2, 0.25) is 5.02 Å². The molecule has 128 valence electrons. The minimum Gasteiger partial charge on any atom is -0.347 e. The second-order valence-corrected chi connectivity index (χ2v) is 6.51. The van der Waals surface area contributed by atoms with E-state index in [1.807, 2.05) is 16.4 Å². The lowest BCUT2D eigenvalue weighted by Crippen LogP contribution is -2.45. The number of hydrogen-bond acceptors (Lipinski definition) is 4. The van der Waals surface area contributed by atoms with Crippen molar-refractivity contribution in [2.24, 2.45) is 0 Å². The van der Waals surface area contributed by atoms with Gasteiger partial charge in [-0.15, -0.1) is 10.2 Å². The first-order valence-corrected chi connectivity index (χ1v) is 8.05. The maximum absolute atomic E-state index is 13.3. The summed E-state index contributed by atoms with van der Waals surface area (Å²) in [6, 6.07) is 3.78. The number of aryl methyl sites for hydroxylation is 1. The molecule has 3 rings (SSSR count). The molecule has 2 aromatic rings. The van der Waals surface area contributed by atoms with Crippen molar-refractivity contribution in [1.82, 2.24) is 24.6 Å². The molecule has 1 unspecified atom stereocenters. The highest BCUT2D eigenvalue weighted by atomic mass is 35.5. The fourth-order valence-corrected chi connectivity index (χ4v) is 3.17. The zero-order valence-corrected chi connectivity index (χ0v) is 14.6. The van der Waals surface area contributed by atoms with Gasteiger partial charge in [0.25, 0.3) is 0 Å². The number of nitrogens with zero attached hydrogens (tertiary/aromatic N) is 5. The van der Waals surface area contributed by atoms with Crippen LogP contribution in [0.25, 0.3) is 0 Å². The van der Waals surface area contributed by atoms with Crippen molar-refractivity contribution in [2.45, 2.75) is 26.1 Å². The first-order chi connectivity index (χ1) is 11.4. The Morgan fingerprint density at radius 2 is 2.12 bits per heavy atom. The van der Waals surface area contributed by atoms with Crippen molar-refractivity contribution in [3.8, 4) is 0 Å². The van der Waals surface area contributed by atoms with Crippen molar-refractivity contribution >= 4 is 17.5 Å². The van der Waals surface area contributed by atoms with Gasteiger partial charge in [0.1, 0.15) is 11.6 Å². The van der Waals surface area contributed by atoms with Crippen molar-refractivity contribution < 1.29 is 9.18 Å². The molecular formula is C16H19ClFN5O. The number of rotatable bonds is 3. The Hall–Kier alpha value is -1.99. The molecule has 24 heavy (non-hydrogen) atoms. The Morgan fingerprint density at radius 1 is 1.38 bits per heavy atom. The van der Waals surface area contributed by atoms with Crippen LogP contribution in [0.4, 0.5) is 4.39 Å². The van der Waals surface area contributed by atoms with E-state index >= 15 is 0 Å². The molecule has 2 heterocycles. The molecule has 1 aliphatic rings. The van der Waals surface area contributed by atoms with E-state index < -0.39 is 6.04 Å². The van der Waals surface area contributed by atoms with Crippen LogP contribution < -0.4 is 0 Å². The van der Waals surface area contributed by atoms with E-state index in [-0.39, 0.29) is 11.7 Å². The molecule has 0 saturated heterocycles. The third-order valence-corrected chi connectivity index (χ3v) is 4.60. The minimum atomic E-state index is -0.531. The molecule has 1 aromatic heterocycles. The summed E-state index contributed by atoms with van der Waals surface area (Å²) in [5.41, 5.74) is 0.777. The minimum absolute atomic E-state index is 0.0680. The van der Waals surface area contributed by atoms with Crippen LogP contribution in [-0.2, 0) is 17.9 Å². The first kappa shape index (κ1) is 16.9. The number of carbonyl (C=O) groups excluding carboxylic acids is 1. The van der Waals surface area contributed by atoms with Gasteiger partial charge >= 0.3 is 0 Å². The summed E-state index contributed by atoms with van der Waals surface area (Å²) in [5.74, 6) is 0.983. The zero-order chi connectivity index (χ0) is 17.4. The monoisotopic (exact) mass is 351 g/mol. The molecule has 1 aliphatic heterocycles. The van der Waals surface area contributed by atoms with Crippen molar-refractivity contribution in [3.05, 3.63) is 46.3 Å².